The van der Waals surface area contributed by atoms with Crippen molar-refractivity contribution in [3.8, 4) is 0 Å². The van der Waals surface area contributed by atoms with Crippen LogP contribution in [0.15, 0.2) is 11.1 Å². The van der Waals surface area contributed by atoms with Crippen LogP contribution in [0.4, 0.5) is 5.82 Å². The average molecular weight is 354 g/mol. The van der Waals surface area contributed by atoms with Crippen LogP contribution < -0.4 is 10.2 Å². The Morgan fingerprint density at radius 1 is 1.46 bits per heavy atom. The van der Waals surface area contributed by atoms with Crippen molar-refractivity contribution in [1.29, 1.82) is 0 Å². The molecule has 9 heteroatoms. The summed E-state index contributed by atoms with van der Waals surface area (Å²) in [7, 11) is -3.50. The van der Waals surface area contributed by atoms with E-state index in [1.165, 1.54) is 6.20 Å². The van der Waals surface area contributed by atoms with Crippen LogP contribution in [0.1, 0.15) is 25.1 Å². The predicted octanol–water partition coefficient (Wildman–Crippen LogP) is -0.344. The summed E-state index contributed by atoms with van der Waals surface area (Å²) < 4.78 is 24.1. The predicted molar refractivity (Wildman–Crippen MR) is 87.4 cm³/mol. The minimum absolute atomic E-state index is 0.0517. The molecule has 3 rings (SSSR count). The Hall–Kier alpha value is -1.74. The number of hydrogen-bond acceptors (Lipinski definition) is 7. The molecule has 132 valence electrons. The number of aliphatic hydroxyl groups excluding tert-OH is 1. The van der Waals surface area contributed by atoms with E-state index >= 15 is 0 Å². The molecule has 2 aliphatic rings. The number of carbonyl (C=O) groups is 1. The van der Waals surface area contributed by atoms with E-state index in [0.29, 0.717) is 37.6 Å². The van der Waals surface area contributed by atoms with E-state index in [1.807, 2.05) is 0 Å². The zero-order chi connectivity index (χ0) is 17.5. The van der Waals surface area contributed by atoms with Gasteiger partial charge in [-0.05, 0) is 26.2 Å². The largest absolute Gasteiger partial charge is 0.392 e. The summed E-state index contributed by atoms with van der Waals surface area (Å²) in [5.74, 6) is 0.609. The molecule has 0 unspecified atom stereocenters. The number of aromatic nitrogens is 2. The molecule has 2 fully saturated rings. The maximum atomic E-state index is 12.5. The van der Waals surface area contributed by atoms with Gasteiger partial charge in [-0.15, -0.1) is 0 Å². The van der Waals surface area contributed by atoms with Crippen molar-refractivity contribution >= 4 is 21.6 Å². The standard InChI is InChI=1S/C15H22N4O4S/c1-10-17-8-11(24(2,22)23)13(18-10)19-7-4-12(20)15(9-19)5-3-6-16-14(15)21/h8,12,20H,3-7,9H2,1-2H3,(H,16,21)/t12-,15-/m1/s1. The molecule has 1 aromatic rings. The molecule has 2 atom stereocenters. The van der Waals surface area contributed by atoms with Gasteiger partial charge in [0.05, 0.1) is 17.7 Å². The molecule has 2 saturated heterocycles. The quantitative estimate of drug-likeness (QED) is 0.747. The van der Waals surface area contributed by atoms with Crippen LogP contribution in [-0.4, -0.2) is 61.4 Å². The van der Waals surface area contributed by atoms with Crippen LogP contribution in [0.5, 0.6) is 0 Å². The summed E-state index contributed by atoms with van der Waals surface area (Å²) in [6.45, 7) is 2.99. The maximum absolute atomic E-state index is 12.5. The van der Waals surface area contributed by atoms with E-state index in [9.17, 15) is 18.3 Å². The number of nitrogens with one attached hydrogen (secondary N) is 1. The Balaban J connectivity index is 2.02. The number of aryl methyl sites for hydroxylation is 1. The number of rotatable bonds is 2. The van der Waals surface area contributed by atoms with Gasteiger partial charge in [0, 0.05) is 25.9 Å². The first-order chi connectivity index (χ1) is 11.2. The lowest BCUT2D eigenvalue weighted by Gasteiger charge is -2.47. The molecule has 0 radical (unpaired) electrons. The first kappa shape index (κ1) is 17.1. The molecule has 0 bridgehead atoms. The van der Waals surface area contributed by atoms with Crippen molar-refractivity contribution in [2.75, 3.05) is 30.8 Å². The van der Waals surface area contributed by atoms with Crippen LogP contribution in [0, 0.1) is 12.3 Å². The minimum Gasteiger partial charge on any atom is -0.392 e. The summed E-state index contributed by atoms with van der Waals surface area (Å²) in [6.07, 6.45) is 3.45. The fourth-order valence-electron chi connectivity index (χ4n) is 3.56. The molecule has 0 aromatic carbocycles. The van der Waals surface area contributed by atoms with Crippen molar-refractivity contribution in [2.24, 2.45) is 5.41 Å². The number of nitrogens with zero attached hydrogens (tertiary/aromatic N) is 3. The third kappa shape index (κ3) is 2.86. The second-order valence-electron chi connectivity index (χ2n) is 6.62. The SMILES string of the molecule is Cc1ncc(S(C)(=O)=O)c(N2CC[C@@H](O)[C@@]3(CCCNC3=O)C2)n1. The summed E-state index contributed by atoms with van der Waals surface area (Å²) >= 11 is 0. The van der Waals surface area contributed by atoms with Gasteiger partial charge in [0.15, 0.2) is 15.7 Å². The Labute approximate surface area is 141 Å². The molecule has 2 aliphatic heterocycles. The minimum atomic E-state index is -3.50. The second-order valence-corrected chi connectivity index (χ2v) is 8.60. The van der Waals surface area contributed by atoms with Crippen molar-refractivity contribution < 1.29 is 18.3 Å². The summed E-state index contributed by atoms with van der Waals surface area (Å²) in [5.41, 5.74) is -0.913. The van der Waals surface area contributed by atoms with Gasteiger partial charge in [0.2, 0.25) is 5.91 Å². The van der Waals surface area contributed by atoms with Gasteiger partial charge in [-0.3, -0.25) is 4.79 Å². The van der Waals surface area contributed by atoms with Crippen molar-refractivity contribution in [3.63, 3.8) is 0 Å². The number of sulfone groups is 1. The number of carbonyl (C=O) groups excluding carboxylic acids is 1. The van der Waals surface area contributed by atoms with Crippen molar-refractivity contribution in [2.45, 2.75) is 37.2 Å². The molecule has 0 aliphatic carbocycles. The number of piperidine rings is 2. The lowest BCUT2D eigenvalue weighted by molar-refractivity contribution is -0.142. The highest BCUT2D eigenvalue weighted by atomic mass is 32.2. The van der Waals surface area contributed by atoms with Gasteiger partial charge in [-0.25, -0.2) is 18.4 Å². The Bertz CT molecular complexity index is 767. The Kier molecular flexibility index (Phi) is 4.25. The molecule has 1 aromatic heterocycles. The summed E-state index contributed by atoms with van der Waals surface area (Å²) in [6, 6.07) is 0. The van der Waals surface area contributed by atoms with E-state index < -0.39 is 21.4 Å². The van der Waals surface area contributed by atoms with Gasteiger partial charge in [0.1, 0.15) is 10.7 Å². The van der Waals surface area contributed by atoms with E-state index in [4.69, 9.17) is 0 Å². The van der Waals surface area contributed by atoms with Crippen LogP contribution in [0.3, 0.4) is 0 Å². The molecule has 8 nitrogen and oxygen atoms in total. The summed E-state index contributed by atoms with van der Waals surface area (Å²) in [4.78, 5) is 22.6. The fraction of sp³-hybridized carbons (Fsp3) is 0.667. The molecular weight excluding hydrogens is 332 g/mol. The molecular formula is C15H22N4O4S. The lowest BCUT2D eigenvalue weighted by Crippen LogP contribution is -2.61. The smallest absolute Gasteiger partial charge is 0.230 e. The van der Waals surface area contributed by atoms with Crippen LogP contribution in [0.2, 0.25) is 0 Å². The van der Waals surface area contributed by atoms with Gasteiger partial charge >= 0.3 is 0 Å². The Morgan fingerprint density at radius 3 is 2.88 bits per heavy atom. The highest BCUT2D eigenvalue weighted by Crippen LogP contribution is 2.39. The Morgan fingerprint density at radius 2 is 2.21 bits per heavy atom. The van der Waals surface area contributed by atoms with Gasteiger partial charge < -0.3 is 15.3 Å². The second kappa shape index (κ2) is 5.96. The van der Waals surface area contributed by atoms with E-state index in [0.717, 1.165) is 12.7 Å². The lowest BCUT2D eigenvalue weighted by atomic mass is 9.71. The summed E-state index contributed by atoms with van der Waals surface area (Å²) in [5, 5.41) is 13.3. The number of amides is 1. The van der Waals surface area contributed by atoms with Gasteiger partial charge in [-0.1, -0.05) is 0 Å². The zero-order valence-electron chi connectivity index (χ0n) is 13.8. The van der Waals surface area contributed by atoms with Crippen molar-refractivity contribution in [1.82, 2.24) is 15.3 Å². The number of aliphatic hydroxyl groups is 1. The molecule has 2 N–H and O–H groups in total. The van der Waals surface area contributed by atoms with Crippen LogP contribution in [-0.2, 0) is 14.6 Å². The average Bonchev–Trinajstić information content (AvgIpc) is 2.51. The normalized spacial score (nSPS) is 28.0. The van der Waals surface area contributed by atoms with Crippen molar-refractivity contribution in [3.05, 3.63) is 12.0 Å². The monoisotopic (exact) mass is 354 g/mol. The molecule has 0 saturated carbocycles. The highest BCUT2D eigenvalue weighted by Gasteiger charge is 2.50. The first-order valence-corrected chi connectivity index (χ1v) is 9.88. The van der Waals surface area contributed by atoms with Crippen LogP contribution in [0.25, 0.3) is 0 Å². The fourth-order valence-corrected chi connectivity index (χ4v) is 4.31. The maximum Gasteiger partial charge on any atom is 0.230 e. The number of anilines is 1. The third-order valence-corrected chi connectivity index (χ3v) is 5.96. The van der Waals surface area contributed by atoms with Gasteiger partial charge in [-0.2, -0.15) is 0 Å². The molecule has 1 spiro atoms. The van der Waals surface area contributed by atoms with E-state index in [2.05, 4.69) is 15.3 Å². The van der Waals surface area contributed by atoms with Crippen LogP contribution >= 0.6 is 0 Å². The topological polar surface area (TPSA) is 112 Å². The zero-order valence-corrected chi connectivity index (χ0v) is 14.6. The van der Waals surface area contributed by atoms with Gasteiger partial charge in [0.25, 0.3) is 0 Å². The highest BCUT2D eigenvalue weighted by molar-refractivity contribution is 7.90. The molecule has 24 heavy (non-hydrogen) atoms. The third-order valence-electron chi connectivity index (χ3n) is 4.88. The van der Waals surface area contributed by atoms with E-state index in [1.54, 1.807) is 11.8 Å². The first-order valence-electron chi connectivity index (χ1n) is 7.99. The molecule has 3 heterocycles. The van der Waals surface area contributed by atoms with E-state index in [-0.39, 0.29) is 17.3 Å². The number of hydrogen-bond donors (Lipinski definition) is 2. The molecule has 1 amide bonds.